The van der Waals surface area contributed by atoms with Crippen molar-refractivity contribution in [1.82, 2.24) is 14.6 Å². The van der Waals surface area contributed by atoms with E-state index in [2.05, 4.69) is 5.48 Å². The highest BCUT2D eigenvalue weighted by molar-refractivity contribution is 5.34. The lowest BCUT2D eigenvalue weighted by atomic mass is 10.2. The number of aryl methyl sites for hydroxylation is 1. The average Bonchev–Trinajstić information content (AvgIpc) is 2.62. The van der Waals surface area contributed by atoms with Crippen molar-refractivity contribution in [2.75, 3.05) is 0 Å². The van der Waals surface area contributed by atoms with Gasteiger partial charge in [0.1, 0.15) is 0 Å². The van der Waals surface area contributed by atoms with E-state index in [0.717, 1.165) is 11.3 Å². The third-order valence-corrected chi connectivity index (χ3v) is 2.44. The molecule has 0 unspecified atom stereocenters. The summed E-state index contributed by atoms with van der Waals surface area (Å²) in [5, 5.41) is 8.54. The summed E-state index contributed by atoms with van der Waals surface area (Å²) in [6.45, 7) is 0.393. The third-order valence-electron chi connectivity index (χ3n) is 2.44. The highest BCUT2D eigenvalue weighted by Crippen LogP contribution is 2.07. The minimum atomic E-state index is -0.0759. The van der Waals surface area contributed by atoms with Crippen LogP contribution in [-0.2, 0) is 13.6 Å². The van der Waals surface area contributed by atoms with Crippen molar-refractivity contribution in [2.45, 2.75) is 6.54 Å². The highest BCUT2D eigenvalue weighted by atomic mass is 16.5. The van der Waals surface area contributed by atoms with Crippen LogP contribution in [0.1, 0.15) is 5.56 Å². The molecule has 0 atom stereocenters. The van der Waals surface area contributed by atoms with Crippen molar-refractivity contribution >= 4 is 0 Å². The van der Waals surface area contributed by atoms with Crippen molar-refractivity contribution in [3.63, 3.8) is 0 Å². The molecule has 0 amide bonds. The summed E-state index contributed by atoms with van der Waals surface area (Å²) in [5.41, 5.74) is 3.78. The average molecular weight is 219 g/mol. The Labute approximate surface area is 92.5 Å². The fraction of sp³-hybridized carbons (Fsp3) is 0.182. The molecule has 5 heteroatoms. The van der Waals surface area contributed by atoms with Crippen LogP contribution in [0.5, 0.6) is 0 Å². The van der Waals surface area contributed by atoms with Crippen LogP contribution < -0.4 is 11.2 Å². The zero-order chi connectivity index (χ0) is 11.5. The molecule has 1 heterocycles. The molecule has 0 saturated carbocycles. The first-order chi connectivity index (χ1) is 7.72. The number of aromatic nitrogens is 2. The van der Waals surface area contributed by atoms with Crippen LogP contribution in [0.15, 0.2) is 41.5 Å². The zero-order valence-electron chi connectivity index (χ0n) is 8.92. The SMILES string of the molecule is Cn1ccn(-c2ccc(CNO)cc2)c1=O. The second-order valence-corrected chi connectivity index (χ2v) is 3.56. The summed E-state index contributed by atoms with van der Waals surface area (Å²) < 4.78 is 3.08. The zero-order valence-corrected chi connectivity index (χ0v) is 8.92. The van der Waals surface area contributed by atoms with Gasteiger partial charge in [-0.1, -0.05) is 12.1 Å². The lowest BCUT2D eigenvalue weighted by Gasteiger charge is -2.03. The van der Waals surface area contributed by atoms with Crippen molar-refractivity contribution < 1.29 is 5.21 Å². The second kappa shape index (κ2) is 4.34. The molecule has 0 bridgehead atoms. The molecule has 0 aliphatic heterocycles. The van der Waals surface area contributed by atoms with E-state index in [1.807, 2.05) is 24.3 Å². The lowest BCUT2D eigenvalue weighted by Crippen LogP contribution is -2.20. The first-order valence-electron chi connectivity index (χ1n) is 4.92. The number of benzene rings is 1. The van der Waals surface area contributed by atoms with Gasteiger partial charge in [0.15, 0.2) is 0 Å². The maximum Gasteiger partial charge on any atom is 0.332 e. The number of hydrogen-bond donors (Lipinski definition) is 2. The van der Waals surface area contributed by atoms with E-state index >= 15 is 0 Å². The summed E-state index contributed by atoms with van der Waals surface area (Å²) in [6.07, 6.45) is 3.44. The van der Waals surface area contributed by atoms with Crippen LogP contribution in [0.3, 0.4) is 0 Å². The molecule has 16 heavy (non-hydrogen) atoms. The lowest BCUT2D eigenvalue weighted by molar-refractivity contribution is 0.161. The molecule has 2 rings (SSSR count). The van der Waals surface area contributed by atoms with Crippen molar-refractivity contribution in [3.8, 4) is 5.69 Å². The van der Waals surface area contributed by atoms with Crippen molar-refractivity contribution in [3.05, 3.63) is 52.7 Å². The molecule has 1 aromatic heterocycles. The van der Waals surface area contributed by atoms with Crippen LogP contribution in [0.2, 0.25) is 0 Å². The summed E-state index contributed by atoms with van der Waals surface area (Å²) in [4.78, 5) is 11.7. The molecule has 0 aliphatic carbocycles. The van der Waals surface area contributed by atoms with Gasteiger partial charge < -0.3 is 9.77 Å². The monoisotopic (exact) mass is 219 g/mol. The molecule has 0 fully saturated rings. The summed E-state index contributed by atoms with van der Waals surface area (Å²) >= 11 is 0. The maximum absolute atomic E-state index is 11.7. The predicted molar refractivity (Wildman–Crippen MR) is 59.6 cm³/mol. The molecule has 0 spiro atoms. The normalized spacial score (nSPS) is 10.6. The molecule has 0 aliphatic rings. The Hall–Kier alpha value is -1.85. The Morgan fingerprint density at radius 2 is 1.94 bits per heavy atom. The van der Waals surface area contributed by atoms with E-state index in [1.165, 1.54) is 4.57 Å². The minimum Gasteiger partial charge on any atom is -0.316 e. The number of nitrogens with zero attached hydrogens (tertiary/aromatic N) is 2. The number of hydrogen-bond acceptors (Lipinski definition) is 3. The van der Waals surface area contributed by atoms with Gasteiger partial charge in [-0.3, -0.25) is 4.57 Å². The van der Waals surface area contributed by atoms with Gasteiger partial charge >= 0.3 is 5.69 Å². The molecule has 1 aromatic carbocycles. The Balaban J connectivity index is 2.35. The van der Waals surface area contributed by atoms with E-state index in [4.69, 9.17) is 5.21 Å². The standard InChI is InChI=1S/C11H13N3O2/c1-13-6-7-14(11(13)15)10-4-2-9(3-5-10)8-12-16/h2-7,12,16H,8H2,1H3. The molecule has 2 aromatic rings. The number of rotatable bonds is 3. The van der Waals surface area contributed by atoms with Crippen molar-refractivity contribution in [2.24, 2.45) is 7.05 Å². The van der Waals surface area contributed by atoms with Crippen LogP contribution in [0.4, 0.5) is 0 Å². The van der Waals surface area contributed by atoms with E-state index in [0.29, 0.717) is 6.54 Å². The first kappa shape index (κ1) is 10.7. The maximum atomic E-state index is 11.7. The molecule has 0 saturated heterocycles. The summed E-state index contributed by atoms with van der Waals surface area (Å²) in [7, 11) is 1.71. The third kappa shape index (κ3) is 1.91. The van der Waals surface area contributed by atoms with Crippen LogP contribution >= 0.6 is 0 Å². The molecular formula is C11H13N3O2. The molecule has 5 nitrogen and oxygen atoms in total. The summed E-state index contributed by atoms with van der Waals surface area (Å²) in [5.74, 6) is 0. The smallest absolute Gasteiger partial charge is 0.316 e. The van der Waals surface area contributed by atoms with Gasteiger partial charge in [-0.15, -0.1) is 0 Å². The number of nitrogens with one attached hydrogen (secondary N) is 1. The minimum absolute atomic E-state index is 0.0759. The Bertz CT molecular complexity index is 525. The van der Waals surface area contributed by atoms with E-state index in [-0.39, 0.29) is 5.69 Å². The Kier molecular flexibility index (Phi) is 2.89. The fourth-order valence-corrected chi connectivity index (χ4v) is 1.53. The quantitative estimate of drug-likeness (QED) is 0.745. The van der Waals surface area contributed by atoms with Gasteiger partial charge in [0.05, 0.1) is 5.69 Å². The van der Waals surface area contributed by atoms with Gasteiger partial charge in [0.2, 0.25) is 0 Å². The van der Waals surface area contributed by atoms with E-state index < -0.39 is 0 Å². The Morgan fingerprint density at radius 3 is 2.44 bits per heavy atom. The first-order valence-corrected chi connectivity index (χ1v) is 4.92. The fourth-order valence-electron chi connectivity index (χ4n) is 1.53. The van der Waals surface area contributed by atoms with Crippen LogP contribution in [0.25, 0.3) is 5.69 Å². The van der Waals surface area contributed by atoms with Gasteiger partial charge in [0.25, 0.3) is 0 Å². The largest absolute Gasteiger partial charge is 0.332 e. The van der Waals surface area contributed by atoms with E-state index in [9.17, 15) is 4.79 Å². The highest BCUT2D eigenvalue weighted by Gasteiger charge is 2.02. The van der Waals surface area contributed by atoms with Gasteiger partial charge in [-0.2, -0.15) is 0 Å². The van der Waals surface area contributed by atoms with Crippen molar-refractivity contribution in [1.29, 1.82) is 0 Å². The van der Waals surface area contributed by atoms with Crippen LogP contribution in [-0.4, -0.2) is 14.3 Å². The summed E-state index contributed by atoms with van der Waals surface area (Å²) in [6, 6.07) is 7.40. The predicted octanol–water partition coefficient (Wildman–Crippen LogP) is 0.655. The molecule has 2 N–H and O–H groups in total. The van der Waals surface area contributed by atoms with Gasteiger partial charge in [-0.25, -0.2) is 10.3 Å². The number of hydroxylamine groups is 1. The molecule has 0 radical (unpaired) electrons. The van der Waals surface area contributed by atoms with Gasteiger partial charge in [-0.05, 0) is 17.7 Å². The van der Waals surface area contributed by atoms with Gasteiger partial charge in [0, 0.05) is 26.0 Å². The molecular weight excluding hydrogens is 206 g/mol. The topological polar surface area (TPSA) is 59.2 Å². The Morgan fingerprint density at radius 1 is 1.25 bits per heavy atom. The number of imidazole rings is 1. The van der Waals surface area contributed by atoms with E-state index in [1.54, 1.807) is 24.0 Å². The molecule has 84 valence electrons. The second-order valence-electron chi connectivity index (χ2n) is 3.56. The van der Waals surface area contributed by atoms with Crippen LogP contribution in [0, 0.1) is 0 Å².